The quantitative estimate of drug-likeness (QED) is 0.857. The zero-order chi connectivity index (χ0) is 13.8. The summed E-state index contributed by atoms with van der Waals surface area (Å²) in [6.45, 7) is 0.137. The number of benzene rings is 1. The third-order valence-corrected chi connectivity index (χ3v) is 2.41. The maximum atomic E-state index is 11.0. The van der Waals surface area contributed by atoms with Crippen LogP contribution in [-0.2, 0) is 6.61 Å². The summed E-state index contributed by atoms with van der Waals surface area (Å²) in [6, 6.07) is 7.19. The number of aromatic carboxylic acids is 2. The van der Waals surface area contributed by atoms with Gasteiger partial charge in [-0.3, -0.25) is 0 Å². The van der Waals surface area contributed by atoms with Crippen molar-refractivity contribution in [2.24, 2.45) is 0 Å². The zero-order valence-electron chi connectivity index (χ0n) is 9.70. The van der Waals surface area contributed by atoms with Crippen molar-refractivity contribution in [2.75, 3.05) is 0 Å². The lowest BCUT2D eigenvalue weighted by Gasteiger charge is -2.07. The van der Waals surface area contributed by atoms with E-state index in [4.69, 9.17) is 19.4 Å². The smallest absolute Gasteiger partial charge is 0.336 e. The minimum Gasteiger partial charge on any atom is -0.486 e. The molecule has 0 aliphatic rings. The summed E-state index contributed by atoms with van der Waals surface area (Å²) in [5.74, 6) is -1.77. The summed E-state index contributed by atoms with van der Waals surface area (Å²) in [5, 5.41) is 17.8. The Kier molecular flexibility index (Phi) is 3.51. The first-order valence-corrected chi connectivity index (χ1v) is 5.34. The van der Waals surface area contributed by atoms with Crippen molar-refractivity contribution in [3.05, 3.63) is 53.5 Å². The summed E-state index contributed by atoms with van der Waals surface area (Å²) in [5.41, 5.74) is -0.595. The molecule has 1 aromatic carbocycles. The molecule has 0 unspecified atom stereocenters. The molecular weight excluding hydrogens is 252 g/mol. The molecule has 0 bridgehead atoms. The van der Waals surface area contributed by atoms with Crippen LogP contribution in [0.4, 0.5) is 0 Å². The van der Waals surface area contributed by atoms with E-state index in [2.05, 4.69) is 0 Å². The number of carboxylic acid groups (broad SMARTS) is 2. The van der Waals surface area contributed by atoms with Crippen molar-refractivity contribution >= 4 is 11.9 Å². The van der Waals surface area contributed by atoms with Gasteiger partial charge in [0, 0.05) is 0 Å². The van der Waals surface area contributed by atoms with Crippen molar-refractivity contribution in [2.45, 2.75) is 6.61 Å². The minimum atomic E-state index is -1.32. The number of ether oxygens (including phenoxy) is 1. The lowest BCUT2D eigenvalue weighted by Crippen LogP contribution is -2.08. The van der Waals surface area contributed by atoms with Crippen LogP contribution in [0.3, 0.4) is 0 Å². The number of furan rings is 1. The second-order valence-electron chi connectivity index (χ2n) is 3.69. The second-order valence-corrected chi connectivity index (χ2v) is 3.69. The standard InChI is InChI=1S/C13H10O6/c14-12(15)10-4-3-8(6-11(10)13(16)17)19-7-9-2-1-5-18-9/h1-6H,7H2,(H,14,15)(H,16,17). The Hall–Kier alpha value is -2.76. The number of hydrogen-bond acceptors (Lipinski definition) is 4. The summed E-state index contributed by atoms with van der Waals surface area (Å²) >= 11 is 0. The Balaban J connectivity index is 2.20. The van der Waals surface area contributed by atoms with Gasteiger partial charge in [-0.2, -0.15) is 0 Å². The average molecular weight is 262 g/mol. The molecule has 1 heterocycles. The van der Waals surface area contributed by atoms with Gasteiger partial charge in [0.25, 0.3) is 0 Å². The Bertz CT molecular complexity index is 600. The van der Waals surface area contributed by atoms with Crippen LogP contribution < -0.4 is 4.74 Å². The zero-order valence-corrected chi connectivity index (χ0v) is 9.70. The van der Waals surface area contributed by atoms with E-state index in [0.29, 0.717) is 5.76 Å². The van der Waals surface area contributed by atoms with Gasteiger partial charge in [0.15, 0.2) is 0 Å². The van der Waals surface area contributed by atoms with E-state index in [-0.39, 0.29) is 23.5 Å². The molecular formula is C13H10O6. The Morgan fingerprint density at radius 1 is 1.11 bits per heavy atom. The second kappa shape index (κ2) is 5.26. The van der Waals surface area contributed by atoms with E-state index in [1.807, 2.05) is 0 Å². The van der Waals surface area contributed by atoms with E-state index in [1.54, 1.807) is 12.1 Å². The lowest BCUT2D eigenvalue weighted by atomic mass is 10.1. The SMILES string of the molecule is O=C(O)c1ccc(OCc2ccco2)cc1C(=O)O. The van der Waals surface area contributed by atoms with Crippen LogP contribution in [0.5, 0.6) is 5.75 Å². The van der Waals surface area contributed by atoms with Crippen LogP contribution in [0.2, 0.25) is 0 Å². The summed E-state index contributed by atoms with van der Waals surface area (Å²) in [7, 11) is 0. The highest BCUT2D eigenvalue weighted by atomic mass is 16.5. The van der Waals surface area contributed by atoms with E-state index in [0.717, 1.165) is 0 Å². The van der Waals surface area contributed by atoms with Crippen molar-refractivity contribution in [3.8, 4) is 5.75 Å². The van der Waals surface area contributed by atoms with Crippen LogP contribution in [0.15, 0.2) is 41.0 Å². The molecule has 0 spiro atoms. The first-order chi connectivity index (χ1) is 9.08. The fraction of sp³-hybridized carbons (Fsp3) is 0.0769. The van der Waals surface area contributed by atoms with Crippen LogP contribution in [0.1, 0.15) is 26.5 Å². The predicted molar refractivity (Wildman–Crippen MR) is 63.4 cm³/mol. The van der Waals surface area contributed by atoms with Gasteiger partial charge in [0.05, 0.1) is 17.4 Å². The third kappa shape index (κ3) is 2.92. The van der Waals surface area contributed by atoms with E-state index in [9.17, 15) is 9.59 Å². The fourth-order valence-corrected chi connectivity index (χ4v) is 1.53. The molecule has 0 amide bonds. The van der Waals surface area contributed by atoms with Crippen LogP contribution in [-0.4, -0.2) is 22.2 Å². The number of rotatable bonds is 5. The summed E-state index contributed by atoms with van der Waals surface area (Å²) in [6.07, 6.45) is 1.49. The van der Waals surface area contributed by atoms with E-state index in [1.165, 1.54) is 24.5 Å². The van der Waals surface area contributed by atoms with E-state index < -0.39 is 11.9 Å². The summed E-state index contributed by atoms with van der Waals surface area (Å²) < 4.78 is 10.4. The van der Waals surface area contributed by atoms with Gasteiger partial charge >= 0.3 is 11.9 Å². The molecule has 0 aliphatic carbocycles. The molecule has 98 valence electrons. The number of carbonyl (C=O) groups is 2. The molecule has 0 fully saturated rings. The topological polar surface area (TPSA) is 97.0 Å². The van der Waals surface area contributed by atoms with Gasteiger partial charge in [-0.15, -0.1) is 0 Å². The van der Waals surface area contributed by atoms with Gasteiger partial charge in [-0.25, -0.2) is 9.59 Å². The summed E-state index contributed by atoms with van der Waals surface area (Å²) in [4.78, 5) is 21.8. The van der Waals surface area contributed by atoms with Crippen molar-refractivity contribution < 1.29 is 29.0 Å². The minimum absolute atomic E-state index is 0.137. The Morgan fingerprint density at radius 2 is 1.84 bits per heavy atom. The predicted octanol–water partition coefficient (Wildman–Crippen LogP) is 2.25. The maximum absolute atomic E-state index is 11.0. The average Bonchev–Trinajstić information content (AvgIpc) is 2.88. The van der Waals surface area contributed by atoms with Crippen LogP contribution in [0, 0.1) is 0 Å². The first-order valence-electron chi connectivity index (χ1n) is 5.34. The van der Waals surface area contributed by atoms with Gasteiger partial charge in [-0.1, -0.05) is 0 Å². The molecule has 0 radical (unpaired) electrons. The highest BCUT2D eigenvalue weighted by Gasteiger charge is 2.16. The number of carboxylic acids is 2. The Morgan fingerprint density at radius 3 is 2.42 bits per heavy atom. The van der Waals surface area contributed by atoms with Crippen molar-refractivity contribution in [3.63, 3.8) is 0 Å². The highest BCUT2D eigenvalue weighted by Crippen LogP contribution is 2.19. The molecule has 6 heteroatoms. The molecule has 2 aromatic rings. The van der Waals surface area contributed by atoms with Crippen molar-refractivity contribution in [1.82, 2.24) is 0 Å². The van der Waals surface area contributed by atoms with Crippen LogP contribution >= 0.6 is 0 Å². The third-order valence-electron chi connectivity index (χ3n) is 2.41. The largest absolute Gasteiger partial charge is 0.486 e. The number of hydrogen-bond donors (Lipinski definition) is 2. The first kappa shape index (κ1) is 12.7. The van der Waals surface area contributed by atoms with Gasteiger partial charge in [0.1, 0.15) is 18.1 Å². The molecule has 19 heavy (non-hydrogen) atoms. The van der Waals surface area contributed by atoms with Crippen molar-refractivity contribution in [1.29, 1.82) is 0 Å². The lowest BCUT2D eigenvalue weighted by molar-refractivity contribution is 0.0651. The molecule has 1 aromatic heterocycles. The van der Waals surface area contributed by atoms with Crippen LogP contribution in [0.25, 0.3) is 0 Å². The molecule has 0 atom stereocenters. The van der Waals surface area contributed by atoms with Gasteiger partial charge in [0.2, 0.25) is 0 Å². The molecule has 6 nitrogen and oxygen atoms in total. The molecule has 2 rings (SSSR count). The highest BCUT2D eigenvalue weighted by molar-refractivity contribution is 6.01. The van der Waals surface area contributed by atoms with Gasteiger partial charge < -0.3 is 19.4 Å². The molecule has 0 saturated carbocycles. The normalized spacial score (nSPS) is 10.1. The fourth-order valence-electron chi connectivity index (χ4n) is 1.53. The molecule has 0 aliphatic heterocycles. The van der Waals surface area contributed by atoms with E-state index >= 15 is 0 Å². The molecule has 2 N–H and O–H groups in total. The van der Waals surface area contributed by atoms with Gasteiger partial charge in [-0.05, 0) is 30.3 Å². The monoisotopic (exact) mass is 262 g/mol. The molecule has 0 saturated heterocycles. The maximum Gasteiger partial charge on any atom is 0.336 e. The Labute approximate surface area is 107 Å².